The van der Waals surface area contributed by atoms with Crippen LogP contribution < -0.4 is 10.3 Å². The molecule has 0 spiro atoms. The Balaban J connectivity index is 1.75. The van der Waals surface area contributed by atoms with E-state index in [9.17, 15) is 14.9 Å². The van der Waals surface area contributed by atoms with Crippen LogP contribution in [-0.2, 0) is 6.61 Å². The fourth-order valence-electron chi connectivity index (χ4n) is 3.09. The maximum Gasteiger partial charge on any atom is 0.282 e. The molecule has 0 saturated carbocycles. The molecule has 0 amide bonds. The molecule has 0 atom stereocenters. The van der Waals surface area contributed by atoms with E-state index in [-0.39, 0.29) is 17.9 Å². The number of aryl methyl sites for hydroxylation is 1. The van der Waals surface area contributed by atoms with Crippen LogP contribution in [0.3, 0.4) is 0 Å². The van der Waals surface area contributed by atoms with Crippen molar-refractivity contribution in [2.75, 3.05) is 0 Å². The molecule has 154 valence electrons. The van der Waals surface area contributed by atoms with Crippen LogP contribution in [0.5, 0.6) is 5.75 Å². The van der Waals surface area contributed by atoms with Gasteiger partial charge in [0.2, 0.25) is 0 Å². The second kappa shape index (κ2) is 8.58. The molecular formula is C23H18N4O4. The number of rotatable bonds is 6. The van der Waals surface area contributed by atoms with Crippen molar-refractivity contribution in [3.8, 4) is 5.75 Å². The zero-order valence-corrected chi connectivity index (χ0v) is 16.6. The van der Waals surface area contributed by atoms with Gasteiger partial charge in [0, 0.05) is 17.7 Å². The maximum absolute atomic E-state index is 13.1. The molecule has 31 heavy (non-hydrogen) atoms. The van der Waals surface area contributed by atoms with Crippen molar-refractivity contribution in [3.63, 3.8) is 0 Å². The van der Waals surface area contributed by atoms with Crippen molar-refractivity contribution in [2.24, 2.45) is 5.10 Å². The van der Waals surface area contributed by atoms with E-state index in [2.05, 4.69) is 10.1 Å². The third kappa shape index (κ3) is 4.32. The van der Waals surface area contributed by atoms with Crippen molar-refractivity contribution in [1.29, 1.82) is 0 Å². The van der Waals surface area contributed by atoms with Gasteiger partial charge in [-0.05, 0) is 30.7 Å². The Hall–Kier alpha value is -4.33. The lowest BCUT2D eigenvalue weighted by molar-refractivity contribution is -0.384. The summed E-state index contributed by atoms with van der Waals surface area (Å²) in [6.07, 6.45) is 1.39. The summed E-state index contributed by atoms with van der Waals surface area (Å²) in [6.45, 7) is 1.95. The van der Waals surface area contributed by atoms with E-state index in [0.29, 0.717) is 28.0 Å². The molecule has 8 nitrogen and oxygen atoms in total. The first kappa shape index (κ1) is 20.0. The minimum atomic E-state index is -0.484. The second-order valence-corrected chi connectivity index (χ2v) is 6.81. The van der Waals surface area contributed by atoms with E-state index >= 15 is 0 Å². The molecule has 0 saturated heterocycles. The lowest BCUT2D eigenvalue weighted by atomic mass is 10.2. The van der Waals surface area contributed by atoms with E-state index in [1.807, 2.05) is 31.2 Å². The third-order valence-electron chi connectivity index (χ3n) is 4.67. The lowest BCUT2D eigenvalue weighted by Crippen LogP contribution is -2.23. The normalized spacial score (nSPS) is 11.1. The zero-order chi connectivity index (χ0) is 21.8. The third-order valence-corrected chi connectivity index (χ3v) is 4.67. The molecule has 4 aromatic rings. The second-order valence-electron chi connectivity index (χ2n) is 6.81. The van der Waals surface area contributed by atoms with Crippen molar-refractivity contribution in [3.05, 3.63) is 110 Å². The van der Waals surface area contributed by atoms with Crippen LogP contribution in [0, 0.1) is 17.0 Å². The van der Waals surface area contributed by atoms with Gasteiger partial charge < -0.3 is 4.74 Å². The molecule has 4 rings (SSSR count). The van der Waals surface area contributed by atoms with Crippen molar-refractivity contribution < 1.29 is 9.66 Å². The van der Waals surface area contributed by atoms with E-state index < -0.39 is 4.92 Å². The lowest BCUT2D eigenvalue weighted by Gasteiger charge is -2.12. The van der Waals surface area contributed by atoms with E-state index in [4.69, 9.17) is 4.74 Å². The number of benzene rings is 3. The highest BCUT2D eigenvalue weighted by atomic mass is 16.6. The summed E-state index contributed by atoms with van der Waals surface area (Å²) in [5.74, 6) is 0.993. The van der Waals surface area contributed by atoms with E-state index in [1.54, 1.807) is 36.4 Å². The SMILES string of the molecule is Cc1ccccc1OCc1nc2ccccc2c(=O)n1/N=C\c1cccc([N+](=O)[O-])c1. The fraction of sp³-hybridized carbons (Fsp3) is 0.0870. The number of nitro benzene ring substituents is 1. The predicted molar refractivity (Wildman–Crippen MR) is 118 cm³/mol. The molecule has 0 radical (unpaired) electrons. The summed E-state index contributed by atoms with van der Waals surface area (Å²) >= 11 is 0. The fourth-order valence-corrected chi connectivity index (χ4v) is 3.09. The maximum atomic E-state index is 13.1. The van der Waals surface area contributed by atoms with Crippen LogP contribution >= 0.6 is 0 Å². The summed E-state index contributed by atoms with van der Waals surface area (Å²) in [5.41, 5.74) is 1.57. The number of nitro groups is 1. The summed E-state index contributed by atoms with van der Waals surface area (Å²) < 4.78 is 7.05. The average Bonchev–Trinajstić information content (AvgIpc) is 2.78. The van der Waals surface area contributed by atoms with Gasteiger partial charge in [-0.15, -0.1) is 0 Å². The predicted octanol–water partition coefficient (Wildman–Crippen LogP) is 4.07. The number of aromatic nitrogens is 2. The molecule has 0 bridgehead atoms. The Labute approximate surface area is 177 Å². The molecule has 0 aliphatic carbocycles. The zero-order valence-electron chi connectivity index (χ0n) is 16.6. The molecule has 1 heterocycles. The molecule has 0 aliphatic heterocycles. The van der Waals surface area contributed by atoms with Crippen LogP contribution in [0.4, 0.5) is 5.69 Å². The summed E-state index contributed by atoms with van der Waals surface area (Å²) in [4.78, 5) is 28.1. The van der Waals surface area contributed by atoms with Gasteiger partial charge in [0.05, 0.1) is 22.0 Å². The molecule has 8 heteroatoms. The first-order valence-electron chi connectivity index (χ1n) is 9.51. The van der Waals surface area contributed by atoms with Gasteiger partial charge >= 0.3 is 0 Å². The number of para-hydroxylation sites is 2. The highest BCUT2D eigenvalue weighted by molar-refractivity contribution is 5.81. The summed E-state index contributed by atoms with van der Waals surface area (Å²) in [5, 5.41) is 15.7. The Morgan fingerprint density at radius 2 is 1.87 bits per heavy atom. The quantitative estimate of drug-likeness (QED) is 0.269. The molecule has 0 fully saturated rings. The number of ether oxygens (including phenoxy) is 1. The van der Waals surface area contributed by atoms with Gasteiger partial charge in [-0.1, -0.05) is 42.5 Å². The molecular weight excluding hydrogens is 396 g/mol. The summed E-state index contributed by atoms with van der Waals surface area (Å²) in [6, 6.07) is 20.5. The largest absolute Gasteiger partial charge is 0.485 e. The van der Waals surface area contributed by atoms with Crippen molar-refractivity contribution in [1.82, 2.24) is 9.66 Å². The number of hydrogen-bond acceptors (Lipinski definition) is 6. The van der Waals surface area contributed by atoms with Crippen LogP contribution in [0.2, 0.25) is 0 Å². The van der Waals surface area contributed by atoms with Crippen molar-refractivity contribution in [2.45, 2.75) is 13.5 Å². The summed E-state index contributed by atoms with van der Waals surface area (Å²) in [7, 11) is 0. The number of nitrogens with zero attached hydrogens (tertiary/aromatic N) is 4. The molecule has 0 aliphatic rings. The van der Waals surface area contributed by atoms with Crippen LogP contribution in [0.15, 0.2) is 82.7 Å². The Kier molecular flexibility index (Phi) is 5.53. The molecule has 0 unspecified atom stereocenters. The van der Waals surface area contributed by atoms with Gasteiger partial charge in [0.25, 0.3) is 11.2 Å². The van der Waals surface area contributed by atoms with Gasteiger partial charge in [-0.2, -0.15) is 9.78 Å². The van der Waals surface area contributed by atoms with Gasteiger partial charge in [0.1, 0.15) is 12.4 Å². The van der Waals surface area contributed by atoms with Gasteiger partial charge in [-0.25, -0.2) is 4.98 Å². The highest BCUT2D eigenvalue weighted by Gasteiger charge is 2.12. The first-order valence-corrected chi connectivity index (χ1v) is 9.51. The van der Waals surface area contributed by atoms with Crippen molar-refractivity contribution >= 4 is 22.8 Å². The monoisotopic (exact) mass is 414 g/mol. The smallest absolute Gasteiger partial charge is 0.282 e. The topological polar surface area (TPSA) is 99.6 Å². The van der Waals surface area contributed by atoms with E-state index in [1.165, 1.54) is 23.0 Å². The molecule has 1 aromatic heterocycles. The number of fused-ring (bicyclic) bond motifs is 1. The number of non-ortho nitro benzene ring substituents is 1. The average molecular weight is 414 g/mol. The molecule has 3 aromatic carbocycles. The van der Waals surface area contributed by atoms with Gasteiger partial charge in [-0.3, -0.25) is 14.9 Å². The Bertz CT molecular complexity index is 1360. The standard InChI is InChI=1S/C23H18N4O4/c1-16-7-2-5-12-21(16)31-15-22-25-20-11-4-3-10-19(20)23(28)26(22)24-14-17-8-6-9-18(13-17)27(29)30/h2-14H,15H2,1H3/b24-14-. The molecule has 0 N–H and O–H groups in total. The van der Waals surface area contributed by atoms with Crippen LogP contribution in [0.1, 0.15) is 17.0 Å². The Morgan fingerprint density at radius 1 is 1.10 bits per heavy atom. The van der Waals surface area contributed by atoms with Gasteiger partial charge in [0.15, 0.2) is 5.82 Å². The minimum Gasteiger partial charge on any atom is -0.485 e. The Morgan fingerprint density at radius 3 is 2.68 bits per heavy atom. The van der Waals surface area contributed by atoms with E-state index in [0.717, 1.165) is 5.56 Å². The van der Waals surface area contributed by atoms with Crippen LogP contribution in [0.25, 0.3) is 10.9 Å². The number of hydrogen-bond donors (Lipinski definition) is 0. The highest BCUT2D eigenvalue weighted by Crippen LogP contribution is 2.18. The first-order chi connectivity index (χ1) is 15.0. The van der Waals surface area contributed by atoms with Crippen LogP contribution in [-0.4, -0.2) is 20.8 Å². The minimum absolute atomic E-state index is 0.0250.